The number of ether oxygens (including phenoxy) is 1. The molecule has 1 amide bonds. The molecular formula is C25H30N4O4S. The minimum Gasteiger partial charge on any atom is -0.497 e. The number of anilines is 1. The van der Waals surface area contributed by atoms with Gasteiger partial charge in [-0.3, -0.25) is 4.79 Å². The summed E-state index contributed by atoms with van der Waals surface area (Å²) >= 11 is 0. The quantitative estimate of drug-likeness (QED) is 0.651. The molecule has 2 heterocycles. The Bertz CT molecular complexity index is 1130. The van der Waals surface area contributed by atoms with E-state index >= 15 is 0 Å². The molecule has 0 N–H and O–H groups in total. The molecule has 0 atom stereocenters. The summed E-state index contributed by atoms with van der Waals surface area (Å²) in [5, 5.41) is 8.99. The van der Waals surface area contributed by atoms with Crippen LogP contribution in [0.15, 0.2) is 53.4 Å². The SMILES string of the molecule is COc1ccc(S(=O)(=O)N2CCC(C(=O)N3CCCN(c4ccc(C#N)cc4)CC3)CC2)cc1. The van der Waals surface area contributed by atoms with Crippen molar-refractivity contribution in [2.45, 2.75) is 24.2 Å². The second kappa shape index (κ2) is 10.5. The molecule has 0 unspecified atom stereocenters. The van der Waals surface area contributed by atoms with E-state index < -0.39 is 10.0 Å². The zero-order valence-corrected chi connectivity index (χ0v) is 20.2. The Morgan fingerprint density at radius 1 is 0.941 bits per heavy atom. The number of hydrogen-bond acceptors (Lipinski definition) is 6. The van der Waals surface area contributed by atoms with Gasteiger partial charge in [0, 0.05) is 50.9 Å². The van der Waals surface area contributed by atoms with E-state index in [1.807, 2.05) is 29.2 Å². The first-order chi connectivity index (χ1) is 16.4. The molecular weight excluding hydrogens is 452 g/mol. The van der Waals surface area contributed by atoms with Gasteiger partial charge in [-0.2, -0.15) is 9.57 Å². The summed E-state index contributed by atoms with van der Waals surface area (Å²) < 4.78 is 32.6. The van der Waals surface area contributed by atoms with Crippen LogP contribution in [-0.2, 0) is 14.8 Å². The van der Waals surface area contributed by atoms with Crippen LogP contribution in [0.2, 0.25) is 0 Å². The molecule has 8 nitrogen and oxygen atoms in total. The number of nitriles is 1. The van der Waals surface area contributed by atoms with Crippen LogP contribution in [0.4, 0.5) is 5.69 Å². The lowest BCUT2D eigenvalue weighted by molar-refractivity contribution is -0.136. The van der Waals surface area contributed by atoms with Crippen LogP contribution >= 0.6 is 0 Å². The maximum Gasteiger partial charge on any atom is 0.243 e. The van der Waals surface area contributed by atoms with Crippen LogP contribution in [0.1, 0.15) is 24.8 Å². The molecule has 0 saturated carbocycles. The van der Waals surface area contributed by atoms with Crippen LogP contribution in [0.3, 0.4) is 0 Å². The largest absolute Gasteiger partial charge is 0.497 e. The summed E-state index contributed by atoms with van der Waals surface area (Å²) in [5.41, 5.74) is 1.70. The Hall–Kier alpha value is -3.09. The monoisotopic (exact) mass is 482 g/mol. The smallest absolute Gasteiger partial charge is 0.243 e. The number of hydrogen-bond donors (Lipinski definition) is 0. The fourth-order valence-corrected chi connectivity index (χ4v) is 6.11. The van der Waals surface area contributed by atoms with Gasteiger partial charge in [-0.25, -0.2) is 8.42 Å². The zero-order valence-electron chi connectivity index (χ0n) is 19.4. The number of sulfonamides is 1. The number of piperidine rings is 1. The first-order valence-electron chi connectivity index (χ1n) is 11.6. The molecule has 2 aliphatic heterocycles. The molecule has 2 saturated heterocycles. The van der Waals surface area contributed by atoms with Crippen molar-refractivity contribution in [2.75, 3.05) is 51.3 Å². The van der Waals surface area contributed by atoms with Gasteiger partial charge in [0.1, 0.15) is 5.75 Å². The highest BCUT2D eigenvalue weighted by Gasteiger charge is 2.34. The Morgan fingerprint density at radius 2 is 1.62 bits per heavy atom. The van der Waals surface area contributed by atoms with Crippen LogP contribution in [-0.4, -0.2) is 69.9 Å². The minimum atomic E-state index is -3.58. The Morgan fingerprint density at radius 3 is 2.24 bits per heavy atom. The number of carbonyl (C=O) groups is 1. The van der Waals surface area contributed by atoms with Gasteiger partial charge in [0.25, 0.3) is 0 Å². The highest BCUT2D eigenvalue weighted by atomic mass is 32.2. The van der Waals surface area contributed by atoms with Crippen LogP contribution in [0, 0.1) is 17.2 Å². The topological polar surface area (TPSA) is 93.9 Å². The number of amides is 1. The van der Waals surface area contributed by atoms with Gasteiger partial charge in [-0.05, 0) is 67.8 Å². The number of nitrogens with zero attached hydrogens (tertiary/aromatic N) is 4. The molecule has 0 spiro atoms. The van der Waals surface area contributed by atoms with Gasteiger partial charge < -0.3 is 14.5 Å². The molecule has 0 radical (unpaired) electrons. The molecule has 2 fully saturated rings. The van der Waals surface area contributed by atoms with Gasteiger partial charge in [0.2, 0.25) is 15.9 Å². The van der Waals surface area contributed by atoms with E-state index in [4.69, 9.17) is 10.00 Å². The van der Waals surface area contributed by atoms with E-state index in [0.717, 1.165) is 25.2 Å². The summed E-state index contributed by atoms with van der Waals surface area (Å²) in [4.78, 5) is 17.6. The lowest BCUT2D eigenvalue weighted by Gasteiger charge is -2.33. The molecule has 0 aromatic heterocycles. The van der Waals surface area contributed by atoms with E-state index in [-0.39, 0.29) is 16.7 Å². The van der Waals surface area contributed by atoms with E-state index in [9.17, 15) is 13.2 Å². The average molecular weight is 483 g/mol. The highest BCUT2D eigenvalue weighted by Crippen LogP contribution is 2.27. The van der Waals surface area contributed by atoms with E-state index in [1.165, 1.54) is 4.31 Å². The Labute approximate surface area is 201 Å². The maximum absolute atomic E-state index is 13.2. The van der Waals surface area contributed by atoms with Crippen molar-refractivity contribution in [1.82, 2.24) is 9.21 Å². The molecule has 2 aliphatic rings. The molecule has 2 aromatic carbocycles. The van der Waals surface area contributed by atoms with Crippen molar-refractivity contribution in [2.24, 2.45) is 5.92 Å². The van der Waals surface area contributed by atoms with Crippen molar-refractivity contribution in [3.63, 3.8) is 0 Å². The summed E-state index contributed by atoms with van der Waals surface area (Å²) in [5.74, 6) is 0.588. The van der Waals surface area contributed by atoms with E-state index in [0.29, 0.717) is 50.3 Å². The Balaban J connectivity index is 1.32. The number of rotatable bonds is 5. The third kappa shape index (κ3) is 5.18. The fraction of sp³-hybridized carbons (Fsp3) is 0.440. The number of carbonyl (C=O) groups excluding carboxylic acids is 1. The summed E-state index contributed by atoms with van der Waals surface area (Å²) in [6.07, 6.45) is 1.94. The Kier molecular flexibility index (Phi) is 7.39. The van der Waals surface area contributed by atoms with Gasteiger partial charge in [-0.15, -0.1) is 0 Å². The van der Waals surface area contributed by atoms with Crippen molar-refractivity contribution in [3.05, 3.63) is 54.1 Å². The molecule has 2 aromatic rings. The first-order valence-corrected chi connectivity index (χ1v) is 13.0. The van der Waals surface area contributed by atoms with Gasteiger partial charge in [0.15, 0.2) is 0 Å². The molecule has 0 bridgehead atoms. The van der Waals surface area contributed by atoms with Crippen molar-refractivity contribution < 1.29 is 17.9 Å². The third-order valence-electron chi connectivity index (χ3n) is 6.67. The highest BCUT2D eigenvalue weighted by molar-refractivity contribution is 7.89. The van der Waals surface area contributed by atoms with Crippen LogP contribution < -0.4 is 9.64 Å². The van der Waals surface area contributed by atoms with E-state index in [1.54, 1.807) is 31.4 Å². The molecule has 180 valence electrons. The summed E-state index contributed by atoms with van der Waals surface area (Å²) in [6.45, 7) is 3.63. The zero-order chi connectivity index (χ0) is 24.1. The molecule has 0 aliphatic carbocycles. The molecule has 9 heteroatoms. The van der Waals surface area contributed by atoms with Gasteiger partial charge in [-0.1, -0.05) is 0 Å². The maximum atomic E-state index is 13.2. The third-order valence-corrected chi connectivity index (χ3v) is 8.58. The van der Waals surface area contributed by atoms with Crippen LogP contribution in [0.25, 0.3) is 0 Å². The van der Waals surface area contributed by atoms with Gasteiger partial charge >= 0.3 is 0 Å². The van der Waals surface area contributed by atoms with Gasteiger partial charge in [0.05, 0.1) is 23.6 Å². The van der Waals surface area contributed by atoms with Crippen molar-refractivity contribution in [3.8, 4) is 11.8 Å². The predicted molar refractivity (Wildman–Crippen MR) is 129 cm³/mol. The normalized spacial score (nSPS) is 18.2. The lowest BCUT2D eigenvalue weighted by atomic mass is 9.96. The van der Waals surface area contributed by atoms with Crippen molar-refractivity contribution in [1.29, 1.82) is 5.26 Å². The second-order valence-corrected chi connectivity index (χ2v) is 10.6. The van der Waals surface area contributed by atoms with Crippen molar-refractivity contribution >= 4 is 21.6 Å². The standard InChI is InChI=1S/C25H30N4O4S/c1-33-23-7-9-24(10-8-23)34(31,32)29-15-11-21(12-16-29)25(30)28-14-2-13-27(17-18-28)22-5-3-20(19-26)4-6-22/h3-10,21H,2,11-18H2,1H3. The number of benzene rings is 2. The second-order valence-electron chi connectivity index (χ2n) is 8.68. The molecule has 34 heavy (non-hydrogen) atoms. The fourth-order valence-electron chi connectivity index (χ4n) is 4.64. The first kappa shape index (κ1) is 24.0. The minimum absolute atomic E-state index is 0.128. The average Bonchev–Trinajstić information content (AvgIpc) is 3.15. The summed E-state index contributed by atoms with van der Waals surface area (Å²) in [7, 11) is -2.04. The van der Waals surface area contributed by atoms with Crippen LogP contribution in [0.5, 0.6) is 5.75 Å². The lowest BCUT2D eigenvalue weighted by Crippen LogP contribution is -2.45. The van der Waals surface area contributed by atoms with E-state index in [2.05, 4.69) is 11.0 Å². The summed E-state index contributed by atoms with van der Waals surface area (Å²) in [6, 6.07) is 16.1. The molecule has 4 rings (SSSR count). The predicted octanol–water partition coefficient (Wildman–Crippen LogP) is 2.71. The number of methoxy groups -OCH3 is 1.